The van der Waals surface area contributed by atoms with Crippen molar-refractivity contribution in [2.24, 2.45) is 0 Å². The molecule has 0 fully saturated rings. The van der Waals surface area contributed by atoms with Crippen LogP contribution in [0.15, 0.2) is 48.8 Å². The van der Waals surface area contributed by atoms with Gasteiger partial charge in [-0.15, -0.1) is 0 Å². The highest BCUT2D eigenvalue weighted by Crippen LogP contribution is 2.24. The highest BCUT2D eigenvalue weighted by Gasteiger charge is 2.12. The van der Waals surface area contributed by atoms with Crippen LogP contribution >= 0.6 is 0 Å². The number of hydrogen-bond acceptors (Lipinski definition) is 2. The highest BCUT2D eigenvalue weighted by molar-refractivity contribution is 5.31. The van der Waals surface area contributed by atoms with Crippen molar-refractivity contribution >= 4 is 0 Å². The van der Waals surface area contributed by atoms with Gasteiger partial charge in [-0.1, -0.05) is 32.9 Å². The summed E-state index contributed by atoms with van der Waals surface area (Å²) in [5.41, 5.74) is 2.77. The Balaban J connectivity index is 1.87. The lowest BCUT2D eigenvalue weighted by molar-refractivity contribution is 0.321. The Hall–Kier alpha value is -1.83. The summed E-state index contributed by atoms with van der Waals surface area (Å²) in [5.74, 6) is 0.932. The normalized spacial score (nSPS) is 11.3. The Morgan fingerprint density at radius 3 is 2.16 bits per heavy atom. The van der Waals surface area contributed by atoms with Gasteiger partial charge in [0.05, 0.1) is 6.61 Å². The molecule has 0 atom stereocenters. The van der Waals surface area contributed by atoms with Gasteiger partial charge in [-0.05, 0) is 40.8 Å². The van der Waals surface area contributed by atoms with Gasteiger partial charge in [-0.3, -0.25) is 4.98 Å². The average Bonchev–Trinajstić information content (AvgIpc) is 2.39. The fourth-order valence-corrected chi connectivity index (χ4v) is 1.89. The molecule has 2 rings (SSSR count). The quantitative estimate of drug-likeness (QED) is 0.823. The van der Waals surface area contributed by atoms with Crippen molar-refractivity contribution in [1.29, 1.82) is 0 Å². The minimum absolute atomic E-state index is 0.190. The number of ether oxygens (including phenoxy) is 1. The second-order valence-electron chi connectivity index (χ2n) is 5.73. The van der Waals surface area contributed by atoms with Gasteiger partial charge in [0.25, 0.3) is 0 Å². The van der Waals surface area contributed by atoms with Gasteiger partial charge in [0.2, 0.25) is 0 Å². The van der Waals surface area contributed by atoms with Crippen molar-refractivity contribution in [2.45, 2.75) is 32.6 Å². The molecule has 0 saturated heterocycles. The molecule has 0 spiro atoms. The summed E-state index contributed by atoms with van der Waals surface area (Å²) in [4.78, 5) is 4.00. The van der Waals surface area contributed by atoms with Crippen molar-refractivity contribution < 1.29 is 4.74 Å². The zero-order valence-corrected chi connectivity index (χ0v) is 11.9. The number of hydrogen-bond donors (Lipinski definition) is 0. The molecular formula is C17H21NO. The molecule has 0 amide bonds. The summed E-state index contributed by atoms with van der Waals surface area (Å²) >= 11 is 0. The Kier molecular flexibility index (Phi) is 4.20. The van der Waals surface area contributed by atoms with Crippen LogP contribution in [0.1, 0.15) is 31.9 Å². The summed E-state index contributed by atoms with van der Waals surface area (Å²) in [6.07, 6.45) is 4.53. The van der Waals surface area contributed by atoms with Gasteiger partial charge in [0, 0.05) is 18.8 Å². The van der Waals surface area contributed by atoms with Gasteiger partial charge >= 0.3 is 0 Å². The predicted octanol–water partition coefficient (Wildman–Crippen LogP) is 4.00. The van der Waals surface area contributed by atoms with Gasteiger partial charge in [-0.2, -0.15) is 0 Å². The zero-order valence-electron chi connectivity index (χ0n) is 11.9. The van der Waals surface area contributed by atoms with Crippen molar-refractivity contribution in [3.8, 4) is 5.75 Å². The van der Waals surface area contributed by atoms with Crippen LogP contribution in [0.2, 0.25) is 0 Å². The Labute approximate surface area is 115 Å². The van der Waals surface area contributed by atoms with E-state index in [0.717, 1.165) is 12.2 Å². The van der Waals surface area contributed by atoms with E-state index in [4.69, 9.17) is 4.74 Å². The predicted molar refractivity (Wildman–Crippen MR) is 78.6 cm³/mol. The van der Waals surface area contributed by atoms with Crippen LogP contribution in [0.4, 0.5) is 0 Å². The number of aromatic nitrogens is 1. The van der Waals surface area contributed by atoms with Crippen LogP contribution in [-0.2, 0) is 11.8 Å². The van der Waals surface area contributed by atoms with Gasteiger partial charge in [-0.25, -0.2) is 0 Å². The molecule has 19 heavy (non-hydrogen) atoms. The van der Waals surface area contributed by atoms with E-state index in [2.05, 4.69) is 37.9 Å². The topological polar surface area (TPSA) is 22.1 Å². The van der Waals surface area contributed by atoms with E-state index < -0.39 is 0 Å². The molecule has 0 aliphatic heterocycles. The van der Waals surface area contributed by atoms with Crippen molar-refractivity contribution in [3.63, 3.8) is 0 Å². The Morgan fingerprint density at radius 1 is 0.947 bits per heavy atom. The molecule has 2 aromatic rings. The van der Waals surface area contributed by atoms with Crippen LogP contribution in [0, 0.1) is 0 Å². The minimum atomic E-state index is 0.190. The molecule has 0 aliphatic rings. The van der Waals surface area contributed by atoms with E-state index in [-0.39, 0.29) is 5.41 Å². The molecule has 1 aromatic heterocycles. The first kappa shape index (κ1) is 13.6. The minimum Gasteiger partial charge on any atom is -0.493 e. The number of pyridine rings is 1. The van der Waals surface area contributed by atoms with Crippen LogP contribution in [0.25, 0.3) is 0 Å². The van der Waals surface area contributed by atoms with Crippen LogP contribution in [0.5, 0.6) is 5.75 Å². The molecule has 100 valence electrons. The molecule has 0 aliphatic carbocycles. The molecule has 0 saturated carbocycles. The summed E-state index contributed by atoms with van der Waals surface area (Å²) < 4.78 is 5.76. The number of nitrogens with zero attached hydrogens (tertiary/aromatic N) is 1. The van der Waals surface area contributed by atoms with E-state index >= 15 is 0 Å². The summed E-state index contributed by atoms with van der Waals surface area (Å²) in [6.45, 7) is 7.34. The average molecular weight is 255 g/mol. The third-order valence-corrected chi connectivity index (χ3v) is 3.13. The largest absolute Gasteiger partial charge is 0.493 e. The first-order valence-corrected chi connectivity index (χ1v) is 6.68. The summed E-state index contributed by atoms with van der Waals surface area (Å²) in [6, 6.07) is 12.4. The summed E-state index contributed by atoms with van der Waals surface area (Å²) in [7, 11) is 0. The van der Waals surface area contributed by atoms with Crippen molar-refractivity contribution in [3.05, 3.63) is 59.9 Å². The molecule has 2 nitrogen and oxygen atoms in total. The SMILES string of the molecule is CC(C)(C)c1ccc(OCCc2ccncc2)cc1. The number of benzene rings is 1. The zero-order chi connectivity index (χ0) is 13.7. The first-order valence-electron chi connectivity index (χ1n) is 6.68. The van der Waals surface area contributed by atoms with Gasteiger partial charge in [0.15, 0.2) is 0 Å². The lowest BCUT2D eigenvalue weighted by atomic mass is 9.87. The molecule has 0 unspecified atom stereocenters. The van der Waals surface area contributed by atoms with Crippen LogP contribution < -0.4 is 4.74 Å². The second-order valence-corrected chi connectivity index (χ2v) is 5.73. The van der Waals surface area contributed by atoms with Crippen molar-refractivity contribution in [2.75, 3.05) is 6.61 Å². The maximum atomic E-state index is 5.76. The molecule has 2 heteroatoms. The lowest BCUT2D eigenvalue weighted by Gasteiger charge is -2.19. The van der Waals surface area contributed by atoms with Crippen LogP contribution in [0.3, 0.4) is 0 Å². The summed E-state index contributed by atoms with van der Waals surface area (Å²) in [5, 5.41) is 0. The second kappa shape index (κ2) is 5.87. The van der Waals surface area contributed by atoms with E-state index in [9.17, 15) is 0 Å². The first-order chi connectivity index (χ1) is 9.05. The van der Waals surface area contributed by atoms with Crippen molar-refractivity contribution in [1.82, 2.24) is 4.98 Å². The third-order valence-electron chi connectivity index (χ3n) is 3.13. The van der Waals surface area contributed by atoms with Gasteiger partial charge in [0.1, 0.15) is 5.75 Å². The fraction of sp³-hybridized carbons (Fsp3) is 0.353. The Morgan fingerprint density at radius 2 is 1.58 bits per heavy atom. The standard InChI is InChI=1S/C17H21NO/c1-17(2,3)15-4-6-16(7-5-15)19-13-10-14-8-11-18-12-9-14/h4-9,11-12H,10,13H2,1-3H3. The molecule has 1 aromatic carbocycles. The van der Waals surface area contributed by atoms with E-state index in [1.807, 2.05) is 36.7 Å². The van der Waals surface area contributed by atoms with E-state index in [0.29, 0.717) is 6.61 Å². The maximum Gasteiger partial charge on any atom is 0.119 e. The third kappa shape index (κ3) is 4.09. The van der Waals surface area contributed by atoms with Crippen LogP contribution in [-0.4, -0.2) is 11.6 Å². The van der Waals surface area contributed by atoms with E-state index in [1.54, 1.807) is 0 Å². The fourth-order valence-electron chi connectivity index (χ4n) is 1.89. The van der Waals surface area contributed by atoms with E-state index in [1.165, 1.54) is 11.1 Å². The number of rotatable bonds is 4. The molecule has 1 heterocycles. The molecule has 0 bridgehead atoms. The monoisotopic (exact) mass is 255 g/mol. The Bertz CT molecular complexity index is 497. The molecular weight excluding hydrogens is 234 g/mol. The van der Waals surface area contributed by atoms with Gasteiger partial charge < -0.3 is 4.74 Å². The highest BCUT2D eigenvalue weighted by atomic mass is 16.5. The maximum absolute atomic E-state index is 5.76. The smallest absolute Gasteiger partial charge is 0.119 e. The lowest BCUT2D eigenvalue weighted by Crippen LogP contribution is -2.10. The molecule has 0 N–H and O–H groups in total. The molecule has 0 radical (unpaired) electrons.